The molecule has 2 aromatic carbocycles. The van der Waals surface area contributed by atoms with Gasteiger partial charge in [-0.15, -0.1) is 0 Å². The average molecular weight is 478 g/mol. The van der Waals surface area contributed by atoms with Gasteiger partial charge in [0.1, 0.15) is 5.78 Å². The summed E-state index contributed by atoms with van der Waals surface area (Å²) in [6, 6.07) is 14.8. The highest BCUT2D eigenvalue weighted by Crippen LogP contribution is 2.27. The Bertz CT molecular complexity index is 893. The van der Waals surface area contributed by atoms with E-state index >= 15 is 0 Å². The lowest BCUT2D eigenvalue weighted by atomic mass is 9.74. The third-order valence-corrected chi connectivity index (χ3v) is 6.15. The van der Waals surface area contributed by atoms with Crippen LogP contribution in [0.5, 0.6) is 0 Å². The first-order chi connectivity index (χ1) is 15.2. The van der Waals surface area contributed by atoms with Crippen molar-refractivity contribution in [3.8, 4) is 0 Å². The Morgan fingerprint density at radius 1 is 1.03 bits per heavy atom. The standard InChI is InChI=1S/C24H30BCl2NO4/c1-16(2)13-22(25(31)32)28-24(30)19(14-17-7-4-3-5-8-17)15-20(29)12-11-18-9-6-10-21(26)23(18)27/h3-10,16,19,22,31-32H,11-15H2,1-2H3,(H,28,30)/t19-,22+/m1/s1. The van der Waals surface area contributed by atoms with Crippen molar-refractivity contribution in [3.63, 3.8) is 0 Å². The Labute approximate surface area is 200 Å². The van der Waals surface area contributed by atoms with Gasteiger partial charge in [-0.1, -0.05) is 79.5 Å². The Hall–Kier alpha value is -1.86. The smallest absolute Gasteiger partial charge is 0.426 e. The molecule has 0 saturated carbocycles. The predicted molar refractivity (Wildman–Crippen MR) is 130 cm³/mol. The lowest BCUT2D eigenvalue weighted by molar-refractivity contribution is -0.129. The van der Waals surface area contributed by atoms with Crippen LogP contribution in [0.4, 0.5) is 0 Å². The van der Waals surface area contributed by atoms with E-state index < -0.39 is 19.0 Å². The number of amides is 1. The Balaban J connectivity index is 2.09. The molecule has 0 fully saturated rings. The molecule has 8 heteroatoms. The number of hydrogen-bond donors (Lipinski definition) is 3. The molecule has 0 saturated heterocycles. The van der Waals surface area contributed by atoms with Crippen LogP contribution in [0, 0.1) is 11.8 Å². The van der Waals surface area contributed by atoms with E-state index in [1.165, 1.54) is 0 Å². The highest BCUT2D eigenvalue weighted by molar-refractivity contribution is 6.43. The van der Waals surface area contributed by atoms with Crippen LogP contribution >= 0.6 is 23.2 Å². The van der Waals surface area contributed by atoms with Gasteiger partial charge in [-0.25, -0.2) is 0 Å². The fourth-order valence-electron chi connectivity index (χ4n) is 3.61. The number of benzene rings is 2. The first-order valence-corrected chi connectivity index (χ1v) is 11.6. The van der Waals surface area contributed by atoms with E-state index in [0.29, 0.717) is 29.3 Å². The minimum Gasteiger partial charge on any atom is -0.426 e. The minimum absolute atomic E-state index is 0.0504. The van der Waals surface area contributed by atoms with Crippen molar-refractivity contribution in [2.24, 2.45) is 11.8 Å². The van der Waals surface area contributed by atoms with Crippen LogP contribution in [0.15, 0.2) is 48.5 Å². The van der Waals surface area contributed by atoms with Crippen molar-refractivity contribution in [3.05, 3.63) is 69.7 Å². The second kappa shape index (κ2) is 13.0. The minimum atomic E-state index is -1.67. The van der Waals surface area contributed by atoms with Gasteiger partial charge in [0.05, 0.1) is 16.0 Å². The summed E-state index contributed by atoms with van der Waals surface area (Å²) in [6.07, 6.45) is 1.52. The summed E-state index contributed by atoms with van der Waals surface area (Å²) >= 11 is 12.3. The maximum absolute atomic E-state index is 13.0. The third-order valence-electron chi connectivity index (χ3n) is 5.29. The summed E-state index contributed by atoms with van der Waals surface area (Å²) < 4.78 is 0. The molecule has 0 radical (unpaired) electrons. The summed E-state index contributed by atoms with van der Waals surface area (Å²) in [7, 11) is -1.67. The van der Waals surface area contributed by atoms with Crippen LogP contribution in [0.25, 0.3) is 0 Å². The number of carbonyl (C=O) groups excluding carboxylic acids is 2. The SMILES string of the molecule is CC(C)C[C@H](NC(=O)[C@@H](CC(=O)CCc1cccc(Cl)c1Cl)Cc1ccccc1)B(O)O. The van der Waals surface area contributed by atoms with Gasteiger partial charge in [0.25, 0.3) is 0 Å². The molecule has 0 aliphatic rings. The largest absolute Gasteiger partial charge is 0.475 e. The zero-order valence-corrected chi connectivity index (χ0v) is 19.9. The van der Waals surface area contributed by atoms with Crippen LogP contribution < -0.4 is 5.32 Å². The van der Waals surface area contributed by atoms with E-state index in [4.69, 9.17) is 23.2 Å². The number of rotatable bonds is 12. The highest BCUT2D eigenvalue weighted by Gasteiger charge is 2.30. The molecule has 5 nitrogen and oxygen atoms in total. The van der Waals surface area contributed by atoms with E-state index in [9.17, 15) is 19.6 Å². The van der Waals surface area contributed by atoms with Gasteiger partial charge in [0.2, 0.25) is 5.91 Å². The third kappa shape index (κ3) is 8.59. The molecule has 2 aromatic rings. The summed E-state index contributed by atoms with van der Waals surface area (Å²) in [6.45, 7) is 3.88. The Kier molecular flexibility index (Phi) is 10.7. The van der Waals surface area contributed by atoms with Crippen LogP contribution in [-0.4, -0.2) is 34.8 Å². The first-order valence-electron chi connectivity index (χ1n) is 10.8. The summed E-state index contributed by atoms with van der Waals surface area (Å²) in [5, 5.41) is 23.0. The second-order valence-corrected chi connectivity index (χ2v) is 9.29. The van der Waals surface area contributed by atoms with Crippen LogP contribution in [-0.2, 0) is 22.4 Å². The molecule has 0 heterocycles. The molecule has 0 bridgehead atoms. The van der Waals surface area contributed by atoms with E-state index in [0.717, 1.165) is 11.1 Å². The lowest BCUT2D eigenvalue weighted by Crippen LogP contribution is -2.49. The maximum atomic E-state index is 13.0. The van der Waals surface area contributed by atoms with Crippen molar-refractivity contribution >= 4 is 42.0 Å². The molecule has 2 atom stereocenters. The number of hydrogen-bond acceptors (Lipinski definition) is 4. The van der Waals surface area contributed by atoms with Crippen LogP contribution in [0.1, 0.15) is 44.2 Å². The van der Waals surface area contributed by atoms with Gasteiger partial charge in [0, 0.05) is 18.8 Å². The fourth-order valence-corrected chi connectivity index (χ4v) is 4.03. The zero-order valence-electron chi connectivity index (χ0n) is 18.4. The fraction of sp³-hybridized carbons (Fsp3) is 0.417. The van der Waals surface area contributed by atoms with Gasteiger partial charge in [-0.2, -0.15) is 0 Å². The van der Waals surface area contributed by atoms with Crippen molar-refractivity contribution < 1.29 is 19.6 Å². The van der Waals surface area contributed by atoms with Crippen molar-refractivity contribution in [2.75, 3.05) is 0 Å². The molecule has 0 aliphatic heterocycles. The van der Waals surface area contributed by atoms with E-state index in [1.807, 2.05) is 50.2 Å². The molecule has 0 unspecified atom stereocenters. The average Bonchev–Trinajstić information content (AvgIpc) is 2.74. The number of Topliss-reactive ketones (excluding diaryl/α,β-unsaturated/α-hetero) is 1. The van der Waals surface area contributed by atoms with Crippen LogP contribution in [0.2, 0.25) is 10.0 Å². The number of aryl methyl sites for hydroxylation is 1. The topological polar surface area (TPSA) is 86.6 Å². The van der Waals surface area contributed by atoms with E-state index in [2.05, 4.69) is 5.32 Å². The van der Waals surface area contributed by atoms with Gasteiger partial charge < -0.3 is 15.4 Å². The summed E-state index contributed by atoms with van der Waals surface area (Å²) in [4.78, 5) is 25.8. The van der Waals surface area contributed by atoms with Crippen LogP contribution in [0.3, 0.4) is 0 Å². The molecular weight excluding hydrogens is 448 g/mol. The number of carbonyl (C=O) groups is 2. The van der Waals surface area contributed by atoms with Gasteiger partial charge in [0.15, 0.2) is 0 Å². The molecule has 172 valence electrons. The molecule has 1 amide bonds. The molecule has 0 aliphatic carbocycles. The molecule has 3 N–H and O–H groups in total. The summed E-state index contributed by atoms with van der Waals surface area (Å²) in [5.74, 6) is -1.67. The number of ketones is 1. The Morgan fingerprint density at radius 3 is 2.34 bits per heavy atom. The van der Waals surface area contributed by atoms with Crippen molar-refractivity contribution in [2.45, 2.75) is 51.9 Å². The first kappa shape index (κ1) is 26.4. The molecule has 2 rings (SSSR count). The van der Waals surface area contributed by atoms with Crippen molar-refractivity contribution in [1.29, 1.82) is 0 Å². The predicted octanol–water partition coefficient (Wildman–Crippen LogP) is 4.29. The van der Waals surface area contributed by atoms with Gasteiger partial charge >= 0.3 is 7.12 Å². The Morgan fingerprint density at radius 2 is 1.72 bits per heavy atom. The molecule has 32 heavy (non-hydrogen) atoms. The quantitative estimate of drug-likeness (QED) is 0.398. The monoisotopic (exact) mass is 477 g/mol. The van der Waals surface area contributed by atoms with E-state index in [1.54, 1.807) is 12.1 Å². The maximum Gasteiger partial charge on any atom is 0.475 e. The van der Waals surface area contributed by atoms with E-state index in [-0.39, 0.29) is 30.4 Å². The van der Waals surface area contributed by atoms with Gasteiger partial charge in [-0.05, 0) is 42.4 Å². The zero-order chi connectivity index (χ0) is 23.7. The number of nitrogens with one attached hydrogen (secondary N) is 1. The molecule has 0 spiro atoms. The molecule has 0 aromatic heterocycles. The van der Waals surface area contributed by atoms with Crippen molar-refractivity contribution in [1.82, 2.24) is 5.32 Å². The highest BCUT2D eigenvalue weighted by atomic mass is 35.5. The number of halogens is 2. The second-order valence-electron chi connectivity index (χ2n) is 8.50. The summed E-state index contributed by atoms with van der Waals surface area (Å²) in [5.41, 5.74) is 1.72. The lowest BCUT2D eigenvalue weighted by Gasteiger charge is -2.23. The normalized spacial score (nSPS) is 13.0. The molecular formula is C24H30BCl2NO4. The van der Waals surface area contributed by atoms with Gasteiger partial charge in [-0.3, -0.25) is 9.59 Å².